The third-order valence-corrected chi connectivity index (χ3v) is 6.98. The van der Waals surface area contributed by atoms with Crippen LogP contribution in [0.3, 0.4) is 0 Å². The lowest BCUT2D eigenvalue weighted by Crippen LogP contribution is -2.34. The summed E-state index contributed by atoms with van der Waals surface area (Å²) in [6.45, 7) is 4.09. The number of thiocarbonyl (C=S) groups is 1. The summed E-state index contributed by atoms with van der Waals surface area (Å²) < 4.78 is 33.6. The molecule has 190 valence electrons. The number of carbonyl (C=O) groups is 1. The molecule has 7 nitrogen and oxygen atoms in total. The van der Waals surface area contributed by atoms with Crippen LogP contribution in [0, 0.1) is 13.8 Å². The van der Waals surface area contributed by atoms with E-state index in [-0.39, 0.29) is 22.3 Å². The van der Waals surface area contributed by atoms with E-state index in [0.717, 1.165) is 11.1 Å². The minimum absolute atomic E-state index is 0.1000. The van der Waals surface area contributed by atoms with Crippen molar-refractivity contribution in [1.29, 1.82) is 0 Å². The maximum Gasteiger partial charge on any atom is 0.261 e. The molecule has 0 saturated carbocycles. The summed E-state index contributed by atoms with van der Waals surface area (Å²) in [6, 6.07) is 16.5. The first kappa shape index (κ1) is 27.7. The van der Waals surface area contributed by atoms with Crippen molar-refractivity contribution in [2.75, 3.05) is 16.6 Å². The van der Waals surface area contributed by atoms with E-state index in [9.17, 15) is 13.2 Å². The lowest BCUT2D eigenvalue weighted by molar-refractivity contribution is -0.119. The fraction of sp³-hybridized carbons (Fsp3) is 0.200. The molecule has 0 fully saturated rings. The maximum absolute atomic E-state index is 12.7. The van der Waals surface area contributed by atoms with Gasteiger partial charge in [0.15, 0.2) is 5.11 Å². The Hall–Kier alpha value is -2.85. The number of anilines is 2. The van der Waals surface area contributed by atoms with Gasteiger partial charge in [-0.15, -0.1) is 0 Å². The highest BCUT2D eigenvalue weighted by atomic mass is 35.5. The molecule has 0 saturated heterocycles. The summed E-state index contributed by atoms with van der Waals surface area (Å²) in [5.74, 6) is 0.212. The molecule has 0 aliphatic rings. The third kappa shape index (κ3) is 8.37. The lowest BCUT2D eigenvalue weighted by atomic mass is 10.1. The monoisotopic (exact) mass is 565 g/mol. The van der Waals surface area contributed by atoms with E-state index in [4.69, 9.17) is 40.2 Å². The van der Waals surface area contributed by atoms with E-state index in [1.165, 1.54) is 12.1 Å². The highest BCUT2D eigenvalue weighted by molar-refractivity contribution is 7.92. The standard InChI is InChI=1S/C25H25Cl2N3O4S2/c1-16-12-17(2)14-20(13-16)30-36(32,33)21-8-6-19(7-9-21)28-25(35)29-24(31)4-3-11-34-23-10-5-18(26)15-22(23)27/h5-10,12-15,30H,3-4,11H2,1-2H3,(H2,28,29,31,35). The number of hydrogen-bond acceptors (Lipinski definition) is 5. The van der Waals surface area contributed by atoms with E-state index in [1.807, 2.05) is 19.9 Å². The zero-order chi connectivity index (χ0) is 26.3. The van der Waals surface area contributed by atoms with Crippen LogP contribution in [0.5, 0.6) is 5.75 Å². The number of aryl methyl sites for hydroxylation is 2. The highest BCUT2D eigenvalue weighted by Crippen LogP contribution is 2.27. The van der Waals surface area contributed by atoms with Crippen LogP contribution in [0.15, 0.2) is 65.6 Å². The van der Waals surface area contributed by atoms with Crippen LogP contribution in [-0.4, -0.2) is 26.0 Å². The lowest BCUT2D eigenvalue weighted by Gasteiger charge is -2.12. The second-order valence-electron chi connectivity index (χ2n) is 8.04. The molecule has 0 aromatic heterocycles. The van der Waals surface area contributed by atoms with Gasteiger partial charge in [0.25, 0.3) is 10.0 Å². The van der Waals surface area contributed by atoms with Gasteiger partial charge in [-0.05, 0) is 98.2 Å². The second kappa shape index (κ2) is 12.4. The Morgan fingerprint density at radius 3 is 2.25 bits per heavy atom. The predicted octanol–water partition coefficient (Wildman–Crippen LogP) is 6.08. The van der Waals surface area contributed by atoms with Crippen molar-refractivity contribution in [2.45, 2.75) is 31.6 Å². The summed E-state index contributed by atoms with van der Waals surface area (Å²) >= 11 is 17.1. The van der Waals surface area contributed by atoms with Gasteiger partial charge < -0.3 is 15.4 Å². The van der Waals surface area contributed by atoms with Crippen LogP contribution in [0.25, 0.3) is 0 Å². The Kier molecular flexibility index (Phi) is 9.56. The molecule has 1 amide bonds. The van der Waals surface area contributed by atoms with Crippen LogP contribution in [0.4, 0.5) is 11.4 Å². The number of ether oxygens (including phenoxy) is 1. The van der Waals surface area contributed by atoms with Crippen molar-refractivity contribution in [1.82, 2.24) is 5.32 Å². The van der Waals surface area contributed by atoms with Crippen LogP contribution in [0.2, 0.25) is 10.0 Å². The molecule has 0 heterocycles. The van der Waals surface area contributed by atoms with Crippen LogP contribution in [-0.2, 0) is 14.8 Å². The average molecular weight is 567 g/mol. The first-order valence-electron chi connectivity index (χ1n) is 10.9. The second-order valence-corrected chi connectivity index (χ2v) is 11.0. The number of halogens is 2. The number of hydrogen-bond donors (Lipinski definition) is 3. The molecular weight excluding hydrogens is 541 g/mol. The van der Waals surface area contributed by atoms with Crippen LogP contribution >= 0.6 is 35.4 Å². The van der Waals surface area contributed by atoms with E-state index < -0.39 is 10.0 Å². The average Bonchev–Trinajstić information content (AvgIpc) is 2.77. The summed E-state index contributed by atoms with van der Waals surface area (Å²) in [5, 5.41) is 6.47. The van der Waals surface area contributed by atoms with Gasteiger partial charge in [0.1, 0.15) is 5.75 Å². The number of amides is 1. The van der Waals surface area contributed by atoms with E-state index >= 15 is 0 Å². The maximum atomic E-state index is 12.7. The molecule has 0 bridgehead atoms. The molecule has 0 atom stereocenters. The largest absolute Gasteiger partial charge is 0.492 e. The minimum atomic E-state index is -3.76. The van der Waals surface area contributed by atoms with Gasteiger partial charge in [0.05, 0.1) is 16.5 Å². The molecule has 0 unspecified atom stereocenters. The summed E-state index contributed by atoms with van der Waals surface area (Å²) in [6.07, 6.45) is 0.641. The van der Waals surface area contributed by atoms with E-state index in [0.29, 0.717) is 40.2 Å². The molecule has 3 N–H and O–H groups in total. The fourth-order valence-corrected chi connectivity index (χ4v) is 5.06. The number of carbonyl (C=O) groups excluding carboxylic acids is 1. The number of rotatable bonds is 9. The zero-order valence-electron chi connectivity index (χ0n) is 19.6. The minimum Gasteiger partial charge on any atom is -0.492 e. The molecule has 3 aromatic rings. The number of benzene rings is 3. The summed E-state index contributed by atoms with van der Waals surface area (Å²) in [7, 11) is -3.76. The van der Waals surface area contributed by atoms with Gasteiger partial charge in [-0.3, -0.25) is 9.52 Å². The molecule has 0 aliphatic heterocycles. The van der Waals surface area contributed by atoms with Gasteiger partial charge in [-0.25, -0.2) is 8.42 Å². The highest BCUT2D eigenvalue weighted by Gasteiger charge is 2.15. The molecule has 0 aliphatic carbocycles. The molecule has 0 spiro atoms. The summed E-state index contributed by atoms with van der Waals surface area (Å²) in [5.41, 5.74) is 2.95. The third-order valence-electron chi connectivity index (χ3n) is 4.85. The molecule has 0 radical (unpaired) electrons. The molecule has 3 aromatic carbocycles. The van der Waals surface area contributed by atoms with E-state index in [1.54, 1.807) is 42.5 Å². The van der Waals surface area contributed by atoms with Gasteiger partial charge in [-0.1, -0.05) is 29.3 Å². The SMILES string of the molecule is Cc1cc(C)cc(NS(=O)(=O)c2ccc(NC(=S)NC(=O)CCCOc3ccc(Cl)cc3Cl)cc2)c1. The molecular formula is C25H25Cl2N3O4S2. The fourth-order valence-electron chi connectivity index (χ4n) is 3.32. The van der Waals surface area contributed by atoms with Crippen LogP contribution < -0.4 is 20.1 Å². The normalized spacial score (nSPS) is 11.0. The van der Waals surface area contributed by atoms with Gasteiger partial charge in [0.2, 0.25) is 5.91 Å². The Morgan fingerprint density at radius 1 is 0.944 bits per heavy atom. The van der Waals surface area contributed by atoms with Crippen molar-refractivity contribution in [2.24, 2.45) is 0 Å². The Bertz CT molecular complexity index is 1340. The van der Waals surface area contributed by atoms with Gasteiger partial charge in [0, 0.05) is 22.8 Å². The summed E-state index contributed by atoms with van der Waals surface area (Å²) in [4.78, 5) is 12.2. The van der Waals surface area contributed by atoms with Crippen molar-refractivity contribution >= 4 is 67.8 Å². The molecule has 36 heavy (non-hydrogen) atoms. The first-order chi connectivity index (χ1) is 17.0. The zero-order valence-corrected chi connectivity index (χ0v) is 22.7. The van der Waals surface area contributed by atoms with Crippen molar-refractivity contribution in [3.63, 3.8) is 0 Å². The van der Waals surface area contributed by atoms with Crippen molar-refractivity contribution in [3.05, 3.63) is 81.8 Å². The van der Waals surface area contributed by atoms with Crippen LogP contribution in [0.1, 0.15) is 24.0 Å². The van der Waals surface area contributed by atoms with Crippen molar-refractivity contribution < 1.29 is 17.9 Å². The van der Waals surface area contributed by atoms with Crippen molar-refractivity contribution in [3.8, 4) is 5.75 Å². The number of nitrogens with one attached hydrogen (secondary N) is 3. The smallest absolute Gasteiger partial charge is 0.261 e. The Labute approximate surface area is 226 Å². The molecule has 11 heteroatoms. The quantitative estimate of drug-likeness (QED) is 0.215. The van der Waals surface area contributed by atoms with Gasteiger partial charge >= 0.3 is 0 Å². The Balaban J connectivity index is 1.46. The predicted molar refractivity (Wildman–Crippen MR) is 149 cm³/mol. The first-order valence-corrected chi connectivity index (χ1v) is 13.6. The van der Waals surface area contributed by atoms with Gasteiger partial charge in [-0.2, -0.15) is 0 Å². The molecule has 3 rings (SSSR count). The topological polar surface area (TPSA) is 96.5 Å². The number of sulfonamides is 1. The van der Waals surface area contributed by atoms with E-state index in [2.05, 4.69) is 15.4 Å². The Morgan fingerprint density at radius 2 is 1.61 bits per heavy atom.